The van der Waals surface area contributed by atoms with Gasteiger partial charge in [-0.15, -0.1) is 0 Å². The van der Waals surface area contributed by atoms with Gasteiger partial charge in [0.2, 0.25) is 0 Å². The van der Waals surface area contributed by atoms with Crippen LogP contribution in [0, 0.1) is 22.7 Å². The van der Waals surface area contributed by atoms with Gasteiger partial charge in [0.15, 0.2) is 11.7 Å². The average Bonchev–Trinajstić information content (AvgIpc) is 0.677. The Bertz CT molecular complexity index is 3490. The summed E-state index contributed by atoms with van der Waals surface area (Å²) in [6.07, 6.45) is -7.58. The van der Waals surface area contributed by atoms with Crippen LogP contribution in [0.1, 0.15) is 103 Å². The number of aromatic nitrogens is 1. The summed E-state index contributed by atoms with van der Waals surface area (Å²) in [6.45, 7) is 9.02. The van der Waals surface area contributed by atoms with Crippen LogP contribution >= 0.6 is 43.2 Å². The molecule has 1 aliphatic heterocycles. The largest absolute Gasteiger partial charge is 0.508 e. The van der Waals surface area contributed by atoms with Crippen molar-refractivity contribution in [1.29, 1.82) is 0 Å². The fourth-order valence-corrected chi connectivity index (χ4v) is 17.1. The Labute approximate surface area is 521 Å². The first-order chi connectivity index (χ1) is 41.7. The number of carbonyl (C=O) groups is 6. The van der Waals surface area contributed by atoms with Crippen molar-refractivity contribution in [2.24, 2.45) is 22.7 Å². The molecule has 1 aromatic heterocycles. The Morgan fingerprint density at radius 2 is 1.34 bits per heavy atom. The van der Waals surface area contributed by atoms with Crippen LogP contribution in [0.4, 0.5) is 4.79 Å². The highest BCUT2D eigenvalue weighted by Crippen LogP contribution is 2.65. The lowest BCUT2D eigenvalue weighted by molar-refractivity contribution is -0.345. The van der Waals surface area contributed by atoms with Gasteiger partial charge in [0.25, 0.3) is 5.91 Å². The molecular weight excluding hydrogens is 1190 g/mol. The molecule has 454 valence electrons. The third kappa shape index (κ3) is 13.1. The molecule has 6 aromatic rings. The molecule has 0 spiro atoms. The van der Waals surface area contributed by atoms with Gasteiger partial charge in [-0.3, -0.25) is 14.4 Å². The van der Waals surface area contributed by atoms with Gasteiger partial charge in [-0.25, -0.2) is 19.4 Å². The number of pyridine rings is 1. The summed E-state index contributed by atoms with van der Waals surface area (Å²) in [5.41, 5.74) is -2.94. The normalized spacial score (nSPS) is 26.0. The topological polar surface area (TPSA) is 223 Å². The summed E-state index contributed by atoms with van der Waals surface area (Å²) < 4.78 is 37.5. The number of carbonyl (C=O) groups excluding carboxylic acids is 6. The van der Waals surface area contributed by atoms with Gasteiger partial charge < -0.3 is 44.0 Å². The first kappa shape index (κ1) is 63.1. The highest BCUT2D eigenvalue weighted by atomic mass is 33.1. The molecule has 3 N–H and O–H groups in total. The molecule has 10 rings (SSSR count). The number of aliphatic hydroxyl groups is 2. The Morgan fingerprint density at radius 1 is 0.747 bits per heavy atom. The predicted octanol–water partition coefficient (Wildman–Crippen LogP) is 12.1. The molecule has 0 radical (unpaired) electrons. The standard InChI is InChI=1S/C67H68N2O14S4/c1-40-50(80-62(75)56(71)55(46-18-10-7-11-19-46)69-60(73)47-20-12-8-13-21-47)35-67(77)59(82-61(74)48-22-14-9-15-23-48)57-65(6,58(72)41(2)54(40)64(67,4)5)51(34-52-66(57,39-79-52)83-42(3)70)81-63(76)78-36-43-29-31-49(32-30-43)86-84-37-44-25-27-45(28-26-44)38-85-87-53-24-16-17-33-68-53/h7-33,41,50-52,55-57,59,71,77H,34-39H2,1-6H3,(H,69,73)/t41-,50+,51+,52?,55+,56-,57+,59+,65-,66+,67-/m1/s1. The van der Waals surface area contributed by atoms with E-state index in [1.165, 1.54) is 30.2 Å². The van der Waals surface area contributed by atoms with Crippen molar-refractivity contribution in [3.63, 3.8) is 0 Å². The molecule has 3 fully saturated rings. The molecule has 1 saturated heterocycles. The molecule has 11 atom stereocenters. The second-order valence-corrected chi connectivity index (χ2v) is 27.7. The van der Waals surface area contributed by atoms with E-state index in [0.29, 0.717) is 22.3 Å². The lowest BCUT2D eigenvalue weighted by Gasteiger charge is -2.67. The SMILES string of the molecule is CC(=O)O[C@@]12COC1C[C@H](OC(=O)OCc1ccc(SSCc3ccc(CSSc4ccccn4)cc3)cc1)[C@@]1(C)C(=O)[C@H](C)C3=C(C)[C@@H](OC(=O)[C@H](O)[C@@H](NC(=O)c4ccccc4)c4ccccc4)C[C@@](O)([C@@H](OC(=O)c4ccccc4)[C@@H]12)C3(C)C. The van der Waals surface area contributed by atoms with E-state index < -0.39 is 113 Å². The number of nitrogens with zero attached hydrogens (tertiary/aromatic N) is 1. The molecule has 2 heterocycles. The predicted molar refractivity (Wildman–Crippen MR) is 332 cm³/mol. The maximum atomic E-state index is 16.2. The first-order valence-corrected chi connectivity index (χ1v) is 33.2. The minimum Gasteiger partial charge on any atom is -0.456 e. The first-order valence-electron chi connectivity index (χ1n) is 28.6. The van der Waals surface area contributed by atoms with E-state index >= 15 is 4.79 Å². The van der Waals surface area contributed by atoms with E-state index in [4.69, 9.17) is 28.4 Å². The lowest BCUT2D eigenvalue weighted by Crippen LogP contribution is -2.81. The molecule has 87 heavy (non-hydrogen) atoms. The van der Waals surface area contributed by atoms with E-state index in [2.05, 4.69) is 34.6 Å². The maximum absolute atomic E-state index is 16.2. The Hall–Kier alpha value is -6.91. The number of amides is 1. The number of benzene rings is 5. The van der Waals surface area contributed by atoms with Crippen LogP contribution in [-0.2, 0) is 60.9 Å². The summed E-state index contributed by atoms with van der Waals surface area (Å²) in [7, 11) is 6.71. The zero-order valence-electron chi connectivity index (χ0n) is 48.8. The summed E-state index contributed by atoms with van der Waals surface area (Å²) in [6, 6.07) is 45.4. The third-order valence-electron chi connectivity index (χ3n) is 17.4. The van der Waals surface area contributed by atoms with Crippen molar-refractivity contribution >= 4 is 78.9 Å². The summed E-state index contributed by atoms with van der Waals surface area (Å²) in [4.78, 5) is 92.1. The molecule has 2 bridgehead atoms. The van der Waals surface area contributed by atoms with Gasteiger partial charge >= 0.3 is 24.1 Å². The van der Waals surface area contributed by atoms with Crippen molar-refractivity contribution < 1.29 is 67.4 Å². The second kappa shape index (κ2) is 26.8. The van der Waals surface area contributed by atoms with Crippen molar-refractivity contribution in [1.82, 2.24) is 10.3 Å². The minimum atomic E-state index is -2.31. The van der Waals surface area contributed by atoms with Crippen molar-refractivity contribution in [3.8, 4) is 0 Å². The van der Waals surface area contributed by atoms with E-state index in [1.807, 2.05) is 42.5 Å². The Balaban J connectivity index is 0.906. The van der Waals surface area contributed by atoms with Crippen LogP contribution in [0.15, 0.2) is 185 Å². The van der Waals surface area contributed by atoms with E-state index in [0.717, 1.165) is 21.4 Å². The highest BCUT2D eigenvalue weighted by Gasteiger charge is 2.78. The zero-order valence-corrected chi connectivity index (χ0v) is 52.1. The molecule has 20 heteroatoms. The molecule has 1 amide bonds. The fourth-order valence-electron chi connectivity index (χ4n) is 13.0. The van der Waals surface area contributed by atoms with Gasteiger partial charge in [-0.05, 0) is 107 Å². The summed E-state index contributed by atoms with van der Waals surface area (Å²) in [5.74, 6) is -4.92. The number of ether oxygens (including phenoxy) is 6. The molecule has 5 aromatic carbocycles. The molecular formula is C67H68N2O14S4. The van der Waals surface area contributed by atoms with Crippen LogP contribution < -0.4 is 5.32 Å². The van der Waals surface area contributed by atoms with Crippen LogP contribution in [0.2, 0.25) is 0 Å². The van der Waals surface area contributed by atoms with Gasteiger partial charge in [-0.1, -0.05) is 162 Å². The van der Waals surface area contributed by atoms with Crippen LogP contribution in [-0.4, -0.2) is 99.3 Å². The number of aliphatic hydroxyl groups excluding tert-OH is 1. The van der Waals surface area contributed by atoms with Crippen LogP contribution in [0.5, 0.6) is 0 Å². The lowest BCUT2D eigenvalue weighted by atomic mass is 9.43. The van der Waals surface area contributed by atoms with Gasteiger partial charge in [0, 0.05) is 59.3 Å². The quantitative estimate of drug-likeness (QED) is 0.0280. The number of ketones is 1. The third-order valence-corrected chi connectivity index (χ3v) is 21.9. The molecule has 16 nitrogen and oxygen atoms in total. The second-order valence-electron chi connectivity index (χ2n) is 23.0. The van der Waals surface area contributed by atoms with Crippen LogP contribution in [0.3, 0.4) is 0 Å². The number of nitrogens with one attached hydrogen (secondary N) is 1. The van der Waals surface area contributed by atoms with Gasteiger partial charge in [0.1, 0.15) is 47.4 Å². The molecule has 4 aliphatic rings. The highest BCUT2D eigenvalue weighted by molar-refractivity contribution is 8.76. The smallest absolute Gasteiger partial charge is 0.456 e. The summed E-state index contributed by atoms with van der Waals surface area (Å²) >= 11 is 0. The maximum Gasteiger partial charge on any atom is 0.508 e. The number of esters is 3. The zero-order chi connectivity index (χ0) is 61.7. The van der Waals surface area contributed by atoms with Gasteiger partial charge in [-0.2, -0.15) is 0 Å². The Morgan fingerprint density at radius 3 is 1.94 bits per heavy atom. The van der Waals surface area contributed by atoms with E-state index in [9.17, 15) is 34.2 Å². The van der Waals surface area contributed by atoms with Crippen molar-refractivity contribution in [3.05, 3.63) is 208 Å². The van der Waals surface area contributed by atoms with E-state index in [-0.39, 0.29) is 30.8 Å². The molecule has 2 saturated carbocycles. The number of fused-ring (bicyclic) bond motifs is 5. The van der Waals surface area contributed by atoms with Crippen molar-refractivity contribution in [2.45, 2.75) is 130 Å². The fraction of sp³-hybridized carbons (Fsp3) is 0.358. The number of rotatable bonds is 20. The average molecular weight is 1250 g/mol. The minimum absolute atomic E-state index is 0.0880. The Kier molecular flexibility index (Phi) is 19.5. The number of hydrogen-bond donors (Lipinski definition) is 3. The van der Waals surface area contributed by atoms with Crippen molar-refractivity contribution in [2.75, 3.05) is 6.61 Å². The van der Waals surface area contributed by atoms with Gasteiger partial charge in [0.05, 0.1) is 29.5 Å². The number of hydrogen-bond acceptors (Lipinski definition) is 19. The monoisotopic (exact) mass is 1250 g/mol. The molecule has 3 aliphatic carbocycles. The molecule has 1 unspecified atom stereocenters. The summed E-state index contributed by atoms with van der Waals surface area (Å²) in [5, 5.41) is 29.9. The number of Topliss-reactive ketones (excluding diaryl/α,β-unsaturated/α-hetero) is 1. The van der Waals surface area contributed by atoms with E-state index in [1.54, 1.807) is 163 Å². The van der Waals surface area contributed by atoms with Crippen LogP contribution in [0.25, 0.3) is 0 Å².